The summed E-state index contributed by atoms with van der Waals surface area (Å²) in [5.74, 6) is 0.487. The summed E-state index contributed by atoms with van der Waals surface area (Å²) < 4.78 is 30.1. The zero-order valence-electron chi connectivity index (χ0n) is 17.9. The van der Waals surface area contributed by atoms with Crippen LogP contribution in [0.15, 0.2) is 47.5 Å². The van der Waals surface area contributed by atoms with Gasteiger partial charge in [0, 0.05) is 10.8 Å². The fourth-order valence-corrected chi connectivity index (χ4v) is 5.29. The molecule has 1 aromatic heterocycles. The quantitative estimate of drug-likeness (QED) is 0.527. The van der Waals surface area contributed by atoms with Crippen molar-refractivity contribution in [2.24, 2.45) is 0 Å². The van der Waals surface area contributed by atoms with Crippen molar-refractivity contribution >= 4 is 26.5 Å². The molecule has 153 valence electrons. The highest BCUT2D eigenvalue weighted by Gasteiger charge is 2.27. The Balaban J connectivity index is 2.22. The summed E-state index contributed by atoms with van der Waals surface area (Å²) in [6, 6.07) is 11.6. The van der Waals surface area contributed by atoms with E-state index in [1.165, 1.54) is 6.20 Å². The van der Waals surface area contributed by atoms with Gasteiger partial charge in [-0.2, -0.15) is 0 Å². The molecule has 5 heteroatoms. The first-order chi connectivity index (χ1) is 13.6. The van der Waals surface area contributed by atoms with E-state index in [9.17, 15) is 8.42 Å². The predicted molar refractivity (Wildman–Crippen MR) is 120 cm³/mol. The summed E-state index contributed by atoms with van der Waals surface area (Å²) in [5, 5.41) is 1.55. The summed E-state index contributed by atoms with van der Waals surface area (Å²) in [6.07, 6.45) is 4.43. The average Bonchev–Trinajstić information content (AvgIpc) is 2.66. The van der Waals surface area contributed by atoms with Gasteiger partial charge in [-0.3, -0.25) is 9.71 Å². The second kappa shape index (κ2) is 8.15. The Kier molecular flexibility index (Phi) is 5.99. The molecule has 0 fully saturated rings. The summed E-state index contributed by atoms with van der Waals surface area (Å²) in [6.45, 7) is 12.4. The van der Waals surface area contributed by atoms with E-state index in [2.05, 4.69) is 29.8 Å². The minimum absolute atomic E-state index is 0.0803. The summed E-state index contributed by atoms with van der Waals surface area (Å²) in [5.41, 5.74) is 3.34. The number of pyridine rings is 1. The van der Waals surface area contributed by atoms with Crippen LogP contribution in [-0.4, -0.2) is 13.4 Å². The fourth-order valence-electron chi connectivity index (χ4n) is 3.53. The topological polar surface area (TPSA) is 59.1 Å². The Hall–Kier alpha value is -2.40. The lowest BCUT2D eigenvalue weighted by Crippen LogP contribution is -2.19. The van der Waals surface area contributed by atoms with Crippen LogP contribution in [0.25, 0.3) is 10.8 Å². The third-order valence-corrected chi connectivity index (χ3v) is 6.69. The number of hydrogen-bond acceptors (Lipinski definition) is 3. The van der Waals surface area contributed by atoms with Crippen LogP contribution in [0.3, 0.4) is 0 Å². The van der Waals surface area contributed by atoms with E-state index < -0.39 is 10.0 Å². The van der Waals surface area contributed by atoms with Crippen LogP contribution in [-0.2, 0) is 10.0 Å². The van der Waals surface area contributed by atoms with Crippen molar-refractivity contribution in [3.8, 4) is 0 Å². The first-order valence-electron chi connectivity index (χ1n) is 10.1. The molecule has 0 saturated heterocycles. The molecule has 1 N–H and O–H groups in total. The molecule has 0 spiro atoms. The molecule has 1 radical (unpaired) electrons. The van der Waals surface area contributed by atoms with Gasteiger partial charge in [-0.15, -0.1) is 0 Å². The molecule has 3 aromatic rings. The first kappa shape index (κ1) is 21.3. The van der Waals surface area contributed by atoms with Crippen molar-refractivity contribution in [2.75, 3.05) is 4.72 Å². The fraction of sp³-hybridized carbons (Fsp3) is 0.375. The standard InChI is InChI=1S/C24H29N2O2S/c1-15(2)19-11-21(16(3)4)24(22(12-19)17(5)6)29(27,28)26-23-14-25-13-18-9-7-8-10-20(18)23/h7-12,14-17,26H,1-6H3. The summed E-state index contributed by atoms with van der Waals surface area (Å²) in [7, 11) is -3.80. The number of sulfonamides is 1. The number of benzene rings is 2. The summed E-state index contributed by atoms with van der Waals surface area (Å²) >= 11 is 0. The highest BCUT2D eigenvalue weighted by molar-refractivity contribution is 7.92. The Morgan fingerprint density at radius 3 is 2.03 bits per heavy atom. The SMILES string of the molecule is CC(C)c1cc(C(C)C)c(S(=O)(=O)Nc2cn[c]c3ccccc23)c(C(C)C)c1. The van der Waals surface area contributed by atoms with Crippen molar-refractivity contribution in [3.63, 3.8) is 0 Å². The van der Waals surface area contributed by atoms with Gasteiger partial charge in [-0.05, 0) is 34.4 Å². The smallest absolute Gasteiger partial charge is 0.262 e. The van der Waals surface area contributed by atoms with Crippen LogP contribution in [0.5, 0.6) is 0 Å². The van der Waals surface area contributed by atoms with Crippen molar-refractivity contribution in [1.29, 1.82) is 0 Å². The monoisotopic (exact) mass is 409 g/mol. The third kappa shape index (κ3) is 4.30. The minimum atomic E-state index is -3.80. The van der Waals surface area contributed by atoms with E-state index in [0.717, 1.165) is 27.5 Å². The van der Waals surface area contributed by atoms with E-state index in [-0.39, 0.29) is 11.8 Å². The maximum atomic E-state index is 13.6. The Morgan fingerprint density at radius 1 is 0.897 bits per heavy atom. The van der Waals surface area contributed by atoms with Gasteiger partial charge in [-0.25, -0.2) is 8.42 Å². The molecule has 2 aromatic carbocycles. The molecule has 0 unspecified atom stereocenters. The van der Waals surface area contributed by atoms with Gasteiger partial charge < -0.3 is 0 Å². The molecule has 1 heterocycles. The largest absolute Gasteiger partial charge is 0.277 e. The minimum Gasteiger partial charge on any atom is -0.277 e. The van der Waals surface area contributed by atoms with Crippen LogP contribution in [0, 0.1) is 6.20 Å². The molecule has 0 amide bonds. The molecule has 29 heavy (non-hydrogen) atoms. The van der Waals surface area contributed by atoms with Crippen molar-refractivity contribution in [3.05, 3.63) is 65.5 Å². The van der Waals surface area contributed by atoms with E-state index in [1.54, 1.807) is 0 Å². The zero-order chi connectivity index (χ0) is 21.3. The first-order valence-corrected chi connectivity index (χ1v) is 11.6. The Morgan fingerprint density at radius 2 is 1.48 bits per heavy atom. The predicted octanol–water partition coefficient (Wildman–Crippen LogP) is 6.21. The van der Waals surface area contributed by atoms with Gasteiger partial charge in [-0.1, -0.05) is 77.9 Å². The number of nitrogens with one attached hydrogen (secondary N) is 1. The molecule has 0 aliphatic carbocycles. The van der Waals surface area contributed by atoms with Crippen LogP contribution in [0.1, 0.15) is 76.0 Å². The highest BCUT2D eigenvalue weighted by Crippen LogP contribution is 2.36. The van der Waals surface area contributed by atoms with E-state index in [1.807, 2.05) is 64.1 Å². The molecule has 0 bridgehead atoms. The Labute approximate surface area is 174 Å². The number of nitrogens with zero attached hydrogens (tertiary/aromatic N) is 1. The molecular formula is C24H29N2O2S. The van der Waals surface area contributed by atoms with Crippen molar-refractivity contribution < 1.29 is 8.42 Å². The van der Waals surface area contributed by atoms with Gasteiger partial charge >= 0.3 is 0 Å². The molecule has 0 aliphatic heterocycles. The lowest BCUT2D eigenvalue weighted by atomic mass is 9.89. The molecule has 0 atom stereocenters. The van der Waals surface area contributed by atoms with E-state index >= 15 is 0 Å². The van der Waals surface area contributed by atoms with E-state index in [0.29, 0.717) is 16.5 Å². The lowest BCUT2D eigenvalue weighted by molar-refractivity contribution is 0.595. The van der Waals surface area contributed by atoms with Gasteiger partial charge in [0.1, 0.15) is 0 Å². The van der Waals surface area contributed by atoms with Gasteiger partial charge in [0.25, 0.3) is 10.0 Å². The van der Waals surface area contributed by atoms with Crippen molar-refractivity contribution in [1.82, 2.24) is 4.98 Å². The van der Waals surface area contributed by atoms with E-state index in [4.69, 9.17) is 0 Å². The molecule has 3 rings (SSSR count). The lowest BCUT2D eigenvalue weighted by Gasteiger charge is -2.23. The second-order valence-corrected chi connectivity index (χ2v) is 10.0. The van der Waals surface area contributed by atoms with Gasteiger partial charge in [0.05, 0.1) is 23.0 Å². The van der Waals surface area contributed by atoms with Crippen LogP contribution >= 0.6 is 0 Å². The van der Waals surface area contributed by atoms with Crippen LogP contribution < -0.4 is 4.72 Å². The van der Waals surface area contributed by atoms with Gasteiger partial charge in [0.2, 0.25) is 0 Å². The molecule has 4 nitrogen and oxygen atoms in total. The third-order valence-electron chi connectivity index (χ3n) is 5.19. The number of hydrogen-bond donors (Lipinski definition) is 1. The van der Waals surface area contributed by atoms with Crippen LogP contribution in [0.4, 0.5) is 5.69 Å². The number of anilines is 1. The second-order valence-electron chi connectivity index (χ2n) is 8.43. The number of aromatic nitrogens is 1. The number of rotatable bonds is 6. The Bertz CT molecular complexity index is 1100. The number of fused-ring (bicyclic) bond motifs is 1. The maximum Gasteiger partial charge on any atom is 0.262 e. The van der Waals surface area contributed by atoms with Gasteiger partial charge in [0.15, 0.2) is 0 Å². The van der Waals surface area contributed by atoms with Crippen LogP contribution in [0.2, 0.25) is 0 Å². The van der Waals surface area contributed by atoms with Crippen molar-refractivity contribution in [2.45, 2.75) is 64.2 Å². The average molecular weight is 410 g/mol. The maximum absolute atomic E-state index is 13.6. The molecule has 0 saturated carbocycles. The summed E-state index contributed by atoms with van der Waals surface area (Å²) in [4.78, 5) is 4.48. The molecule has 0 aliphatic rings. The molecular weight excluding hydrogens is 380 g/mol. The highest BCUT2D eigenvalue weighted by atomic mass is 32.2. The normalized spacial score (nSPS) is 12.3. The zero-order valence-corrected chi connectivity index (χ0v) is 18.8.